The third kappa shape index (κ3) is 6.01. The molecule has 0 bridgehead atoms. The predicted octanol–water partition coefficient (Wildman–Crippen LogP) is 5.72. The van der Waals surface area contributed by atoms with E-state index in [0.29, 0.717) is 36.7 Å². The highest BCUT2D eigenvalue weighted by molar-refractivity contribution is 5.77. The normalized spacial score (nSPS) is 14.5. The van der Waals surface area contributed by atoms with Crippen LogP contribution in [0.3, 0.4) is 0 Å². The summed E-state index contributed by atoms with van der Waals surface area (Å²) in [6.07, 6.45) is 2.69. The van der Waals surface area contributed by atoms with Crippen molar-refractivity contribution in [2.24, 2.45) is 5.41 Å². The quantitative estimate of drug-likeness (QED) is 0.288. The number of piperazine rings is 1. The van der Waals surface area contributed by atoms with Crippen molar-refractivity contribution < 1.29 is 14.6 Å². The molecule has 3 heterocycles. The molecule has 0 saturated carbocycles. The largest absolute Gasteiger partial charge is 0.340 e. The Morgan fingerprint density at radius 1 is 0.923 bits per heavy atom. The molecule has 0 radical (unpaired) electrons. The molecule has 39 heavy (non-hydrogen) atoms. The lowest BCUT2D eigenvalue weighted by atomic mass is 9.91. The van der Waals surface area contributed by atoms with Crippen molar-refractivity contribution in [1.82, 2.24) is 19.2 Å². The van der Waals surface area contributed by atoms with Crippen molar-refractivity contribution in [2.45, 2.75) is 33.7 Å². The number of nitrogens with zero attached hydrogens (tertiary/aromatic N) is 5. The van der Waals surface area contributed by atoms with Gasteiger partial charge in [0.15, 0.2) is 7.11 Å². The number of carbonyl (C=O) groups is 1. The van der Waals surface area contributed by atoms with E-state index >= 15 is 0 Å². The fourth-order valence-electron chi connectivity index (χ4n) is 5.08. The minimum absolute atomic E-state index is 0.0207. The molecule has 1 aliphatic rings. The van der Waals surface area contributed by atoms with E-state index in [9.17, 15) is 9.70 Å². The van der Waals surface area contributed by atoms with Gasteiger partial charge in [0.25, 0.3) is 4.92 Å². The number of pyridine rings is 1. The first kappa shape index (κ1) is 26.6. The number of imidazole rings is 1. The Balaban J connectivity index is 1.48. The molecule has 8 heteroatoms. The third-order valence-electron chi connectivity index (χ3n) is 7.10. The molecule has 1 fully saturated rings. The Morgan fingerprint density at radius 3 is 2.33 bits per heavy atom. The van der Waals surface area contributed by atoms with E-state index in [0.717, 1.165) is 46.8 Å². The number of hydrogen-bond acceptors (Lipinski definition) is 5. The highest BCUT2D eigenvalue weighted by Gasteiger charge is 2.27. The van der Waals surface area contributed by atoms with Gasteiger partial charge in [-0.05, 0) is 28.7 Å². The van der Waals surface area contributed by atoms with Gasteiger partial charge in [0.1, 0.15) is 5.65 Å². The SMILES string of the molecule is CO[N+](=O)c1cccc(-c2nc3ccc(-c4ccccc4)cn3c2CN2CCN(C(=O)CC(C)(C)C)CC2)c1. The molecule has 5 rings (SSSR count). The van der Waals surface area contributed by atoms with Gasteiger partial charge in [-0.3, -0.25) is 9.69 Å². The van der Waals surface area contributed by atoms with E-state index in [1.54, 1.807) is 6.07 Å². The number of rotatable bonds is 7. The maximum absolute atomic E-state index is 12.8. The van der Waals surface area contributed by atoms with Crippen LogP contribution in [0.25, 0.3) is 28.0 Å². The zero-order chi connectivity index (χ0) is 27.6. The van der Waals surface area contributed by atoms with Crippen LogP contribution in [0.1, 0.15) is 32.9 Å². The van der Waals surface area contributed by atoms with E-state index < -0.39 is 0 Å². The number of aromatic nitrogens is 2. The number of fused-ring (bicyclic) bond motifs is 1. The van der Waals surface area contributed by atoms with Crippen LogP contribution in [0.2, 0.25) is 0 Å². The molecule has 8 nitrogen and oxygen atoms in total. The molecule has 202 valence electrons. The molecule has 0 spiro atoms. The van der Waals surface area contributed by atoms with Crippen LogP contribution in [0, 0.1) is 10.3 Å². The predicted molar refractivity (Wildman–Crippen MR) is 152 cm³/mol. The molecule has 0 N–H and O–H groups in total. The topological polar surface area (TPSA) is 70.2 Å². The number of amides is 1. The van der Waals surface area contributed by atoms with Gasteiger partial charge >= 0.3 is 5.69 Å². The fourth-order valence-corrected chi connectivity index (χ4v) is 5.08. The second kappa shape index (κ2) is 11.0. The highest BCUT2D eigenvalue weighted by Crippen LogP contribution is 2.31. The van der Waals surface area contributed by atoms with E-state index in [-0.39, 0.29) is 11.3 Å². The first-order valence-corrected chi connectivity index (χ1v) is 13.4. The summed E-state index contributed by atoms with van der Waals surface area (Å²) in [7, 11) is 1.35. The zero-order valence-electron chi connectivity index (χ0n) is 23.1. The minimum atomic E-state index is -0.0207. The molecule has 0 aliphatic carbocycles. The van der Waals surface area contributed by atoms with Crippen LogP contribution >= 0.6 is 0 Å². The maximum atomic E-state index is 12.8. The van der Waals surface area contributed by atoms with Gasteiger partial charge in [0.2, 0.25) is 5.91 Å². The van der Waals surface area contributed by atoms with Crippen LogP contribution in [-0.4, -0.2) is 63.3 Å². The Hall–Kier alpha value is -4.04. The Bertz CT molecular complexity index is 1480. The van der Waals surface area contributed by atoms with Crippen molar-refractivity contribution in [3.63, 3.8) is 0 Å². The second-order valence-corrected chi connectivity index (χ2v) is 11.3. The Labute approximate surface area is 229 Å². The summed E-state index contributed by atoms with van der Waals surface area (Å²) >= 11 is 0. The Morgan fingerprint density at radius 2 is 1.64 bits per heavy atom. The minimum Gasteiger partial charge on any atom is -0.340 e. The van der Waals surface area contributed by atoms with Crippen LogP contribution in [0.15, 0.2) is 72.9 Å². The number of hydrogen-bond donors (Lipinski definition) is 0. The molecule has 1 saturated heterocycles. The standard InChI is InChI=1S/C31H36N5O3/c1-31(2,3)20-29(37)34-17-15-33(16-18-34)22-27-30(24-11-8-12-26(19-24)36(38)39-4)32-28-14-13-25(21-35(27)28)23-9-6-5-7-10-23/h5-14,19,21H,15-18,20,22H2,1-4H3/q+1. The summed E-state index contributed by atoms with van der Waals surface area (Å²) in [6, 6.07) is 21.8. The summed E-state index contributed by atoms with van der Waals surface area (Å²) in [5.74, 6) is 0.224. The smallest absolute Gasteiger partial charge is 0.317 e. The summed E-state index contributed by atoms with van der Waals surface area (Å²) in [6.45, 7) is 9.99. The third-order valence-corrected chi connectivity index (χ3v) is 7.10. The highest BCUT2D eigenvalue weighted by atomic mass is 16.8. The maximum Gasteiger partial charge on any atom is 0.317 e. The van der Waals surface area contributed by atoms with Crippen LogP contribution in [0.4, 0.5) is 5.69 Å². The van der Waals surface area contributed by atoms with Crippen LogP contribution in [0.5, 0.6) is 0 Å². The molecular weight excluding hydrogens is 490 g/mol. The monoisotopic (exact) mass is 526 g/mol. The molecular formula is C31H36N5O3+. The van der Waals surface area contributed by atoms with Gasteiger partial charge in [0, 0.05) is 63.0 Å². The van der Waals surface area contributed by atoms with Crippen LogP contribution in [-0.2, 0) is 16.2 Å². The molecule has 0 atom stereocenters. The summed E-state index contributed by atoms with van der Waals surface area (Å²) in [5, 5.41) is 0. The molecule has 0 unspecified atom stereocenters. The number of carbonyl (C=O) groups excluding carboxylic acids is 1. The first-order chi connectivity index (χ1) is 18.7. The average Bonchev–Trinajstić information content (AvgIpc) is 3.30. The zero-order valence-corrected chi connectivity index (χ0v) is 23.1. The van der Waals surface area contributed by atoms with Crippen molar-refractivity contribution in [3.05, 3.63) is 83.5 Å². The van der Waals surface area contributed by atoms with E-state index in [4.69, 9.17) is 9.82 Å². The van der Waals surface area contributed by atoms with Gasteiger partial charge in [0.05, 0.1) is 16.3 Å². The molecule has 1 aliphatic heterocycles. The summed E-state index contributed by atoms with van der Waals surface area (Å²) in [5.41, 5.74) is 6.20. The molecule has 2 aromatic carbocycles. The van der Waals surface area contributed by atoms with Crippen molar-refractivity contribution >= 4 is 17.2 Å². The van der Waals surface area contributed by atoms with Crippen molar-refractivity contribution in [3.8, 4) is 22.4 Å². The van der Waals surface area contributed by atoms with Gasteiger partial charge < -0.3 is 9.30 Å². The van der Waals surface area contributed by atoms with Crippen LogP contribution < -0.4 is 0 Å². The molecule has 1 amide bonds. The van der Waals surface area contributed by atoms with Gasteiger partial charge in [-0.2, -0.15) is 0 Å². The average molecular weight is 527 g/mol. The molecule has 2 aromatic heterocycles. The van der Waals surface area contributed by atoms with E-state index in [1.165, 1.54) is 7.11 Å². The lowest BCUT2D eigenvalue weighted by Gasteiger charge is -2.36. The van der Waals surface area contributed by atoms with Gasteiger partial charge in [-0.1, -0.05) is 63.2 Å². The summed E-state index contributed by atoms with van der Waals surface area (Å²) in [4.78, 5) is 39.7. The van der Waals surface area contributed by atoms with Gasteiger partial charge in [-0.15, -0.1) is 0 Å². The van der Waals surface area contributed by atoms with Gasteiger partial charge in [-0.25, -0.2) is 9.82 Å². The molecule has 4 aromatic rings. The van der Waals surface area contributed by atoms with Crippen molar-refractivity contribution in [2.75, 3.05) is 33.3 Å². The van der Waals surface area contributed by atoms with E-state index in [2.05, 4.69) is 54.5 Å². The fraction of sp³-hybridized carbons (Fsp3) is 0.355. The number of benzene rings is 2. The van der Waals surface area contributed by atoms with Crippen molar-refractivity contribution in [1.29, 1.82) is 0 Å². The second-order valence-electron chi connectivity index (χ2n) is 11.3. The lowest BCUT2D eigenvalue weighted by molar-refractivity contribution is -0.736. The van der Waals surface area contributed by atoms with E-state index in [1.807, 2.05) is 47.4 Å². The Kier molecular flexibility index (Phi) is 7.48. The first-order valence-electron chi connectivity index (χ1n) is 13.4. The summed E-state index contributed by atoms with van der Waals surface area (Å²) < 4.78 is 2.16. The lowest BCUT2D eigenvalue weighted by Crippen LogP contribution is -2.49.